The fourth-order valence-corrected chi connectivity index (χ4v) is 2.79. The molecule has 0 spiro atoms. The van der Waals surface area contributed by atoms with E-state index in [1.54, 1.807) is 31.0 Å². The Labute approximate surface area is 135 Å². The molecule has 5 aromatic rings. The van der Waals surface area contributed by atoms with Gasteiger partial charge in [0.05, 0.1) is 17.2 Å². The summed E-state index contributed by atoms with van der Waals surface area (Å²) >= 11 is 0. The van der Waals surface area contributed by atoms with Crippen molar-refractivity contribution in [1.29, 1.82) is 0 Å². The van der Waals surface area contributed by atoms with Gasteiger partial charge in [0, 0.05) is 35.6 Å². The van der Waals surface area contributed by atoms with Gasteiger partial charge in [0.15, 0.2) is 0 Å². The van der Waals surface area contributed by atoms with Crippen LogP contribution in [0.15, 0.2) is 55.2 Å². The summed E-state index contributed by atoms with van der Waals surface area (Å²) in [5.74, 6) is 0.434. The van der Waals surface area contributed by atoms with Crippen LogP contribution in [0.3, 0.4) is 0 Å². The van der Waals surface area contributed by atoms with E-state index in [-0.39, 0.29) is 0 Å². The number of hydrogen-bond acceptors (Lipinski definition) is 7. The minimum atomic E-state index is 0.434. The molecule has 0 aliphatic carbocycles. The molecule has 0 bridgehead atoms. The minimum absolute atomic E-state index is 0.434. The molecule has 0 N–H and O–H groups in total. The van der Waals surface area contributed by atoms with Crippen LogP contribution in [0.25, 0.3) is 44.4 Å². The molecular formula is C17H9N7. The zero-order chi connectivity index (χ0) is 15.9. The summed E-state index contributed by atoms with van der Waals surface area (Å²) in [4.78, 5) is 21.9. The predicted octanol–water partition coefficient (Wildman–Crippen LogP) is 2.58. The Morgan fingerprint density at radius 1 is 0.625 bits per heavy atom. The van der Waals surface area contributed by atoms with Gasteiger partial charge >= 0.3 is 0 Å². The molecule has 0 aliphatic heterocycles. The monoisotopic (exact) mass is 311 g/mol. The average molecular weight is 311 g/mol. The van der Waals surface area contributed by atoms with Gasteiger partial charge < -0.3 is 0 Å². The van der Waals surface area contributed by atoms with Gasteiger partial charge in [-0.15, -0.1) is 10.2 Å². The molecule has 0 saturated heterocycles. The van der Waals surface area contributed by atoms with Crippen LogP contribution in [0.5, 0.6) is 0 Å². The molecule has 0 saturated carbocycles. The van der Waals surface area contributed by atoms with Gasteiger partial charge in [0.25, 0.3) is 0 Å². The number of pyridine rings is 2. The molecule has 4 aromatic heterocycles. The van der Waals surface area contributed by atoms with Gasteiger partial charge in [-0.3, -0.25) is 15.0 Å². The van der Waals surface area contributed by atoms with Crippen molar-refractivity contribution in [2.45, 2.75) is 0 Å². The van der Waals surface area contributed by atoms with Crippen LogP contribution >= 0.6 is 0 Å². The van der Waals surface area contributed by atoms with E-state index in [9.17, 15) is 0 Å². The molecule has 0 aliphatic rings. The van der Waals surface area contributed by atoms with E-state index in [0.29, 0.717) is 17.0 Å². The van der Waals surface area contributed by atoms with Crippen molar-refractivity contribution in [1.82, 2.24) is 35.1 Å². The summed E-state index contributed by atoms with van der Waals surface area (Å²) in [5.41, 5.74) is 3.60. The van der Waals surface area contributed by atoms with Gasteiger partial charge in [-0.2, -0.15) is 0 Å². The molecule has 7 heteroatoms. The summed E-state index contributed by atoms with van der Waals surface area (Å²) in [6.07, 6.45) is 8.33. The molecule has 0 fully saturated rings. The van der Waals surface area contributed by atoms with Crippen molar-refractivity contribution in [2.24, 2.45) is 0 Å². The standard InChI is InChI=1S/C17H9N7/c1-3-10-13(20-5-1)14-11(4-2-6-21-14)16-15(10)22-17(24-23-16)12-9-18-7-8-19-12/h1-9H. The Kier molecular flexibility index (Phi) is 2.66. The van der Waals surface area contributed by atoms with Crippen molar-refractivity contribution in [2.75, 3.05) is 0 Å². The quantitative estimate of drug-likeness (QED) is 0.439. The van der Waals surface area contributed by atoms with Crippen molar-refractivity contribution < 1.29 is 0 Å². The Morgan fingerprint density at radius 2 is 1.38 bits per heavy atom. The lowest BCUT2D eigenvalue weighted by Gasteiger charge is -2.07. The van der Waals surface area contributed by atoms with E-state index in [1.807, 2.05) is 24.3 Å². The van der Waals surface area contributed by atoms with E-state index >= 15 is 0 Å². The molecule has 4 heterocycles. The molecule has 7 nitrogen and oxygen atoms in total. The second-order valence-electron chi connectivity index (χ2n) is 5.22. The first-order chi connectivity index (χ1) is 11.9. The van der Waals surface area contributed by atoms with Crippen molar-refractivity contribution in [3.63, 3.8) is 0 Å². The molecule has 24 heavy (non-hydrogen) atoms. The van der Waals surface area contributed by atoms with E-state index < -0.39 is 0 Å². The zero-order valence-electron chi connectivity index (χ0n) is 12.3. The molecule has 5 rings (SSSR count). The molecule has 0 amide bonds. The lowest BCUT2D eigenvalue weighted by Crippen LogP contribution is -1.98. The molecule has 0 radical (unpaired) electrons. The summed E-state index contributed by atoms with van der Waals surface area (Å²) in [5, 5.41) is 10.4. The molecule has 1 aromatic carbocycles. The third kappa shape index (κ3) is 1.81. The van der Waals surface area contributed by atoms with Crippen LogP contribution in [-0.2, 0) is 0 Å². The lowest BCUT2D eigenvalue weighted by atomic mass is 10.1. The summed E-state index contributed by atoms with van der Waals surface area (Å²) in [6.45, 7) is 0. The molecule has 0 unspecified atom stereocenters. The van der Waals surface area contributed by atoms with Crippen LogP contribution in [-0.4, -0.2) is 35.1 Å². The largest absolute Gasteiger partial charge is 0.261 e. The van der Waals surface area contributed by atoms with Crippen LogP contribution in [0.2, 0.25) is 0 Å². The number of rotatable bonds is 1. The van der Waals surface area contributed by atoms with Gasteiger partial charge in [0.2, 0.25) is 5.82 Å². The Hall–Kier alpha value is -3.61. The van der Waals surface area contributed by atoms with Gasteiger partial charge in [-0.25, -0.2) is 9.97 Å². The van der Waals surface area contributed by atoms with Crippen LogP contribution in [0, 0.1) is 0 Å². The van der Waals surface area contributed by atoms with Crippen LogP contribution < -0.4 is 0 Å². The van der Waals surface area contributed by atoms with Crippen LogP contribution in [0.4, 0.5) is 0 Å². The number of aromatic nitrogens is 7. The Bertz CT molecular complexity index is 1170. The van der Waals surface area contributed by atoms with Gasteiger partial charge in [-0.05, 0) is 24.3 Å². The predicted molar refractivity (Wildman–Crippen MR) is 89.0 cm³/mol. The first kappa shape index (κ1) is 12.9. The highest BCUT2D eigenvalue weighted by Gasteiger charge is 2.14. The van der Waals surface area contributed by atoms with Gasteiger partial charge in [0.1, 0.15) is 16.7 Å². The van der Waals surface area contributed by atoms with E-state index in [4.69, 9.17) is 0 Å². The maximum Gasteiger partial charge on any atom is 0.202 e. The Balaban J connectivity index is 1.96. The topological polar surface area (TPSA) is 90.2 Å². The smallest absolute Gasteiger partial charge is 0.202 e. The summed E-state index contributed by atoms with van der Waals surface area (Å²) < 4.78 is 0. The second kappa shape index (κ2) is 4.95. The fraction of sp³-hybridized carbons (Fsp3) is 0. The second-order valence-corrected chi connectivity index (χ2v) is 5.22. The highest BCUT2D eigenvalue weighted by molar-refractivity contribution is 6.20. The first-order valence-electron chi connectivity index (χ1n) is 7.34. The third-order valence-electron chi connectivity index (χ3n) is 3.83. The molecule has 112 valence electrons. The van der Waals surface area contributed by atoms with E-state index in [0.717, 1.165) is 27.3 Å². The number of benzene rings is 1. The summed E-state index contributed by atoms with van der Waals surface area (Å²) in [7, 11) is 0. The third-order valence-corrected chi connectivity index (χ3v) is 3.83. The number of hydrogen-bond donors (Lipinski definition) is 0. The number of fused-ring (bicyclic) bond motifs is 6. The van der Waals surface area contributed by atoms with E-state index in [2.05, 4.69) is 35.1 Å². The van der Waals surface area contributed by atoms with Crippen LogP contribution in [0.1, 0.15) is 0 Å². The van der Waals surface area contributed by atoms with E-state index in [1.165, 1.54) is 0 Å². The minimum Gasteiger partial charge on any atom is -0.261 e. The normalized spacial score (nSPS) is 11.3. The maximum atomic E-state index is 4.68. The zero-order valence-corrected chi connectivity index (χ0v) is 12.3. The Morgan fingerprint density at radius 3 is 2.08 bits per heavy atom. The fourth-order valence-electron chi connectivity index (χ4n) is 2.79. The van der Waals surface area contributed by atoms with Crippen molar-refractivity contribution in [3.8, 4) is 11.5 Å². The highest BCUT2D eigenvalue weighted by atomic mass is 15.2. The maximum absolute atomic E-state index is 4.68. The number of nitrogens with zero attached hydrogens (tertiary/aromatic N) is 7. The molecular weight excluding hydrogens is 302 g/mol. The molecule has 0 atom stereocenters. The van der Waals surface area contributed by atoms with Crippen molar-refractivity contribution in [3.05, 3.63) is 55.2 Å². The lowest BCUT2D eigenvalue weighted by molar-refractivity contribution is 1.02. The average Bonchev–Trinajstić information content (AvgIpc) is 2.68. The highest BCUT2D eigenvalue weighted by Crippen LogP contribution is 2.30. The summed E-state index contributed by atoms with van der Waals surface area (Å²) in [6, 6.07) is 7.67. The van der Waals surface area contributed by atoms with Gasteiger partial charge in [-0.1, -0.05) is 0 Å². The SMILES string of the molecule is c1cnc2c(c1)c1nnc(-c3cnccn3)nc1c1cccnc12. The van der Waals surface area contributed by atoms with Crippen molar-refractivity contribution >= 4 is 32.8 Å². The first-order valence-corrected chi connectivity index (χ1v) is 7.34.